The predicted molar refractivity (Wildman–Crippen MR) is 178 cm³/mol. The summed E-state index contributed by atoms with van der Waals surface area (Å²) in [6, 6.07) is 10.8. The topological polar surface area (TPSA) is 44.8 Å². The fraction of sp³-hybridized carbons (Fsp3) is 0.639. The number of methoxy groups -OCH3 is 1. The summed E-state index contributed by atoms with van der Waals surface area (Å²) in [4.78, 5) is 12.9. The third-order valence-corrected chi connectivity index (χ3v) is 19.7. The van der Waals surface area contributed by atoms with Crippen LogP contribution in [0.4, 0.5) is 0 Å². The summed E-state index contributed by atoms with van der Waals surface area (Å²) in [5.41, 5.74) is 4.87. The van der Waals surface area contributed by atoms with E-state index >= 15 is 0 Å². The van der Waals surface area contributed by atoms with Crippen molar-refractivity contribution in [3.63, 3.8) is 0 Å². The van der Waals surface area contributed by atoms with Crippen molar-refractivity contribution < 1.29 is 18.7 Å². The molecule has 3 fully saturated rings. The van der Waals surface area contributed by atoms with E-state index in [1.807, 2.05) is 0 Å². The van der Waals surface area contributed by atoms with E-state index in [0.29, 0.717) is 42.0 Å². The van der Waals surface area contributed by atoms with E-state index in [9.17, 15) is 4.79 Å². The Labute approximate surface area is 263 Å². The Hall–Kier alpha value is -1.27. The molecule has 0 unspecified atom stereocenters. The number of ether oxygens (including phenoxy) is 2. The van der Waals surface area contributed by atoms with Gasteiger partial charge in [0.05, 0.1) is 0 Å². The van der Waals surface area contributed by atoms with Crippen molar-refractivity contribution in [2.45, 2.75) is 108 Å². The van der Waals surface area contributed by atoms with Crippen LogP contribution >= 0.6 is 0 Å². The zero-order valence-corrected chi connectivity index (χ0v) is 30.2. The summed E-state index contributed by atoms with van der Waals surface area (Å²) >= 11 is 0.0471. The molecule has 5 rings (SSSR count). The summed E-state index contributed by atoms with van der Waals surface area (Å²) in [5.74, 6) is 1.29. The van der Waals surface area contributed by atoms with Crippen molar-refractivity contribution in [3.05, 3.63) is 65.8 Å². The number of carbonyl (C=O) groups is 1. The Balaban J connectivity index is 1.83. The van der Waals surface area contributed by atoms with Crippen molar-refractivity contribution in [1.29, 1.82) is 0 Å². The van der Waals surface area contributed by atoms with Gasteiger partial charge in [0.25, 0.3) is 0 Å². The van der Waals surface area contributed by atoms with Gasteiger partial charge in [-0.1, -0.05) is 0 Å². The number of benzene rings is 1. The summed E-state index contributed by atoms with van der Waals surface area (Å²) in [5, 5.41) is 0. The molecule has 4 aliphatic rings. The molecule has 4 nitrogen and oxygen atoms in total. The molecule has 42 heavy (non-hydrogen) atoms. The van der Waals surface area contributed by atoms with E-state index in [4.69, 9.17) is 13.9 Å². The Morgan fingerprint density at radius 2 is 1.79 bits per heavy atom. The molecule has 0 N–H and O–H groups in total. The summed E-state index contributed by atoms with van der Waals surface area (Å²) in [6.45, 7) is 23.7. The quantitative estimate of drug-likeness (QED) is 0.160. The van der Waals surface area contributed by atoms with Crippen LogP contribution in [-0.4, -0.2) is 53.6 Å². The standard InChI is InChI=1S/C36H54O4SeSi/c1-23(2)34-31-19-27(9)36(40-35(31)38-10,41-30-16-12-11-13-17-30)32(34)21-28(20-29-15-14-18-33(29)37)22-39-42(24(3)4,25(5)6)26(7)8/h11-13,15-17,21,24-27,31-32,34-35H,1,14,18-20,22H2,2-10H3/t27-,31-,32+,34-,35-,36-/m1/s1. The molecule has 2 aliphatic carbocycles. The van der Waals surface area contributed by atoms with Crippen LogP contribution in [0.2, 0.25) is 16.6 Å². The molecule has 0 amide bonds. The fourth-order valence-electron chi connectivity index (χ4n) is 8.49. The Morgan fingerprint density at radius 1 is 1.14 bits per heavy atom. The molecule has 0 aromatic heterocycles. The van der Waals surface area contributed by atoms with Crippen molar-refractivity contribution >= 4 is 33.5 Å². The third kappa shape index (κ3) is 6.41. The van der Waals surface area contributed by atoms with Crippen molar-refractivity contribution in [3.8, 4) is 0 Å². The van der Waals surface area contributed by atoms with Gasteiger partial charge in [0.15, 0.2) is 0 Å². The van der Waals surface area contributed by atoms with Gasteiger partial charge >= 0.3 is 264 Å². The van der Waals surface area contributed by atoms with E-state index in [0.717, 1.165) is 18.4 Å². The van der Waals surface area contributed by atoms with Crippen LogP contribution < -0.4 is 4.46 Å². The number of hydrogen-bond donors (Lipinski definition) is 0. The molecule has 1 aromatic rings. The Bertz CT molecular complexity index is 1150. The van der Waals surface area contributed by atoms with Crippen LogP contribution in [0.15, 0.2) is 65.8 Å². The monoisotopic (exact) mass is 658 g/mol. The second kappa shape index (κ2) is 13.8. The van der Waals surface area contributed by atoms with Gasteiger partial charge in [0, 0.05) is 0 Å². The Kier molecular flexibility index (Phi) is 11.0. The molecular formula is C36H54O4SeSi. The van der Waals surface area contributed by atoms with E-state index in [1.54, 1.807) is 7.11 Å². The van der Waals surface area contributed by atoms with Gasteiger partial charge < -0.3 is 0 Å². The zero-order chi connectivity index (χ0) is 30.8. The molecule has 1 saturated carbocycles. The normalized spacial score (nSPS) is 30.1. The molecule has 2 saturated heterocycles. The van der Waals surface area contributed by atoms with Crippen molar-refractivity contribution in [2.75, 3.05) is 13.7 Å². The number of Topliss-reactive ketones (excluding diaryl/α,β-unsaturated/α-hetero) is 1. The second-order valence-corrected chi connectivity index (χ2v) is 22.1. The van der Waals surface area contributed by atoms with E-state index in [1.165, 1.54) is 15.6 Å². The number of allylic oxidation sites excluding steroid dienone is 3. The van der Waals surface area contributed by atoms with Crippen LogP contribution in [0.1, 0.15) is 81.1 Å². The average molecular weight is 658 g/mol. The molecule has 0 spiro atoms. The van der Waals surface area contributed by atoms with Gasteiger partial charge in [0.2, 0.25) is 0 Å². The van der Waals surface area contributed by atoms with Gasteiger partial charge in [-0.25, -0.2) is 0 Å². The molecular weight excluding hydrogens is 603 g/mol. The van der Waals surface area contributed by atoms with Crippen LogP contribution in [0.25, 0.3) is 0 Å². The molecule has 1 aromatic carbocycles. The SMILES string of the molecule is C=C(C)[C@@H]1[C@H]2C[C@@H](C)[C@]([Se]c3ccccc3)(O[C@H]2OC)[C@H]1C=C(CO[Si](C(C)C)(C(C)C)C(C)C)CC1=CCCC1=O. The van der Waals surface area contributed by atoms with Crippen molar-refractivity contribution in [2.24, 2.45) is 23.7 Å². The second-order valence-electron chi connectivity index (χ2n) is 13.9. The van der Waals surface area contributed by atoms with Crippen LogP contribution in [0.3, 0.4) is 0 Å². The molecule has 232 valence electrons. The first-order valence-electron chi connectivity index (χ1n) is 16.0. The maximum atomic E-state index is 12.9. The first kappa shape index (κ1) is 33.6. The molecule has 2 aliphatic heterocycles. The minimum absolute atomic E-state index is 0.0471. The molecule has 2 bridgehead atoms. The van der Waals surface area contributed by atoms with E-state index in [-0.39, 0.29) is 49.3 Å². The summed E-state index contributed by atoms with van der Waals surface area (Å²) in [6.07, 6.45) is 7.61. The molecule has 0 radical (unpaired) electrons. The van der Waals surface area contributed by atoms with Gasteiger partial charge in [-0.05, 0) is 0 Å². The Morgan fingerprint density at radius 3 is 2.31 bits per heavy atom. The van der Waals surface area contributed by atoms with E-state index in [2.05, 4.69) is 104 Å². The van der Waals surface area contributed by atoms with Crippen LogP contribution in [0.5, 0.6) is 0 Å². The maximum absolute atomic E-state index is 12.9. The molecule has 6 atom stereocenters. The number of fused-ring (bicyclic) bond motifs is 3. The number of hydrogen-bond acceptors (Lipinski definition) is 4. The van der Waals surface area contributed by atoms with Gasteiger partial charge in [0.1, 0.15) is 0 Å². The zero-order valence-electron chi connectivity index (χ0n) is 27.4. The predicted octanol–water partition coefficient (Wildman–Crippen LogP) is 7.98. The van der Waals surface area contributed by atoms with Crippen LogP contribution in [0, 0.1) is 23.7 Å². The van der Waals surface area contributed by atoms with Gasteiger partial charge in [-0.3, -0.25) is 0 Å². The van der Waals surface area contributed by atoms with Crippen LogP contribution in [-0.2, 0) is 18.7 Å². The summed E-state index contributed by atoms with van der Waals surface area (Å²) in [7, 11) is -0.322. The molecule has 2 heterocycles. The van der Waals surface area contributed by atoms with Gasteiger partial charge in [-0.15, -0.1) is 0 Å². The van der Waals surface area contributed by atoms with Gasteiger partial charge in [-0.2, -0.15) is 0 Å². The minimum atomic E-state index is -2.10. The summed E-state index contributed by atoms with van der Waals surface area (Å²) < 4.78 is 21.3. The van der Waals surface area contributed by atoms with E-state index < -0.39 is 8.32 Å². The average Bonchev–Trinajstić information content (AvgIpc) is 3.33. The third-order valence-electron chi connectivity index (χ3n) is 10.3. The first-order valence-corrected chi connectivity index (χ1v) is 19.9. The first-order chi connectivity index (χ1) is 19.9. The number of carbonyl (C=O) groups excluding carboxylic acids is 1. The fourth-order valence-corrected chi connectivity index (χ4v) is 17.0. The number of rotatable bonds is 13. The molecule has 6 heteroatoms. The number of ketones is 1. The van der Waals surface area contributed by atoms with Crippen molar-refractivity contribution in [1.82, 2.24) is 0 Å².